The van der Waals surface area contributed by atoms with Crippen LogP contribution in [-0.4, -0.2) is 51.1 Å². The van der Waals surface area contributed by atoms with Crippen molar-refractivity contribution in [3.05, 3.63) is 61.2 Å². The zero-order chi connectivity index (χ0) is 19.0. The number of aromatic nitrogens is 4. The quantitative estimate of drug-likeness (QED) is 0.608. The fourth-order valence-electron chi connectivity index (χ4n) is 3.79. The summed E-state index contributed by atoms with van der Waals surface area (Å²) in [5.41, 5.74) is 3.38. The van der Waals surface area contributed by atoms with E-state index < -0.39 is 0 Å². The molecule has 6 heteroatoms. The molecule has 2 aromatic heterocycles. The summed E-state index contributed by atoms with van der Waals surface area (Å²) >= 11 is 0. The Morgan fingerprint density at radius 1 is 0.964 bits per heavy atom. The third kappa shape index (κ3) is 5.16. The molecular weight excluding hydrogens is 350 g/mol. The number of nitrogens with one attached hydrogen (secondary N) is 1. The summed E-state index contributed by atoms with van der Waals surface area (Å²) in [6.45, 7) is 4.23. The number of piperidine rings is 1. The normalized spacial score (nSPS) is 15.6. The molecule has 4 rings (SSSR count). The summed E-state index contributed by atoms with van der Waals surface area (Å²) < 4.78 is 5.91. The van der Waals surface area contributed by atoms with Gasteiger partial charge in [-0.05, 0) is 62.4 Å². The molecule has 3 aromatic rings. The van der Waals surface area contributed by atoms with Crippen molar-refractivity contribution in [2.75, 3.05) is 26.2 Å². The standard InChI is InChI=1S/C22H27N5O/c1(8-27-9-6-18(7-10-27)12-21-15-25-17-26-21)11-28-22-4-2-19(3-5-22)20-13-23-16-24-14-20/h2-5,13-18H,1,6-12H2,(H,25,26). The van der Waals surface area contributed by atoms with Crippen molar-refractivity contribution < 1.29 is 4.74 Å². The van der Waals surface area contributed by atoms with Crippen LogP contribution < -0.4 is 4.74 Å². The molecule has 1 aliphatic heterocycles. The van der Waals surface area contributed by atoms with Crippen LogP contribution >= 0.6 is 0 Å². The number of nitrogens with zero attached hydrogens (tertiary/aromatic N) is 4. The molecule has 146 valence electrons. The molecule has 0 atom stereocenters. The molecule has 0 aliphatic carbocycles. The number of hydrogen-bond acceptors (Lipinski definition) is 5. The van der Waals surface area contributed by atoms with Gasteiger partial charge in [0.05, 0.1) is 12.9 Å². The molecule has 6 nitrogen and oxygen atoms in total. The van der Waals surface area contributed by atoms with Gasteiger partial charge in [0, 0.05) is 36.4 Å². The number of H-pyrrole nitrogens is 1. The fraction of sp³-hybridized carbons (Fsp3) is 0.409. The maximum Gasteiger partial charge on any atom is 0.119 e. The van der Waals surface area contributed by atoms with E-state index in [9.17, 15) is 0 Å². The number of likely N-dealkylation sites (tertiary alicyclic amines) is 1. The zero-order valence-corrected chi connectivity index (χ0v) is 16.1. The number of ether oxygens (including phenoxy) is 1. The molecule has 0 bridgehead atoms. The second kappa shape index (κ2) is 9.46. The molecule has 28 heavy (non-hydrogen) atoms. The maximum absolute atomic E-state index is 5.91. The van der Waals surface area contributed by atoms with E-state index in [4.69, 9.17) is 4.74 Å². The van der Waals surface area contributed by atoms with Crippen molar-refractivity contribution in [2.45, 2.75) is 25.7 Å². The first-order chi connectivity index (χ1) is 13.9. The summed E-state index contributed by atoms with van der Waals surface area (Å²) in [7, 11) is 0. The van der Waals surface area contributed by atoms with Gasteiger partial charge in [-0.15, -0.1) is 0 Å². The lowest BCUT2D eigenvalue weighted by Gasteiger charge is -2.31. The summed E-state index contributed by atoms with van der Waals surface area (Å²) in [6.07, 6.45) is 13.6. The fourth-order valence-corrected chi connectivity index (χ4v) is 3.79. The van der Waals surface area contributed by atoms with Crippen LogP contribution in [0.5, 0.6) is 5.75 Å². The number of benzene rings is 1. The van der Waals surface area contributed by atoms with Crippen LogP contribution in [0.4, 0.5) is 0 Å². The monoisotopic (exact) mass is 377 g/mol. The Morgan fingerprint density at radius 3 is 2.46 bits per heavy atom. The summed E-state index contributed by atoms with van der Waals surface area (Å²) in [5.74, 6) is 1.69. The molecular formula is C22H27N5O. The van der Waals surface area contributed by atoms with Crippen molar-refractivity contribution >= 4 is 0 Å². The first-order valence-corrected chi connectivity index (χ1v) is 10.0. The highest BCUT2D eigenvalue weighted by molar-refractivity contribution is 5.62. The van der Waals surface area contributed by atoms with Gasteiger partial charge >= 0.3 is 0 Å². The van der Waals surface area contributed by atoms with Crippen molar-refractivity contribution in [1.29, 1.82) is 0 Å². The average molecular weight is 377 g/mol. The first-order valence-electron chi connectivity index (χ1n) is 10.0. The van der Waals surface area contributed by atoms with E-state index in [0.29, 0.717) is 0 Å². The minimum absolute atomic E-state index is 0.752. The Kier molecular flexibility index (Phi) is 6.29. The van der Waals surface area contributed by atoms with E-state index in [1.807, 2.05) is 30.7 Å². The number of aromatic amines is 1. The molecule has 1 aromatic carbocycles. The van der Waals surface area contributed by atoms with Gasteiger partial charge in [0.1, 0.15) is 12.1 Å². The van der Waals surface area contributed by atoms with E-state index in [0.717, 1.165) is 48.8 Å². The van der Waals surface area contributed by atoms with Crippen molar-refractivity contribution in [3.8, 4) is 16.9 Å². The third-order valence-electron chi connectivity index (χ3n) is 5.41. The van der Waals surface area contributed by atoms with Gasteiger partial charge < -0.3 is 14.6 Å². The highest BCUT2D eigenvalue weighted by Gasteiger charge is 2.19. The first kappa shape index (κ1) is 18.6. The Hall–Kier alpha value is -2.73. The lowest BCUT2D eigenvalue weighted by molar-refractivity contribution is 0.170. The van der Waals surface area contributed by atoms with Gasteiger partial charge in [-0.25, -0.2) is 15.0 Å². The van der Waals surface area contributed by atoms with Crippen LogP contribution in [0.2, 0.25) is 0 Å². The van der Waals surface area contributed by atoms with E-state index in [1.54, 1.807) is 12.7 Å². The van der Waals surface area contributed by atoms with Gasteiger partial charge in [0.15, 0.2) is 0 Å². The van der Waals surface area contributed by atoms with Crippen molar-refractivity contribution in [3.63, 3.8) is 0 Å². The number of hydrogen-bond donors (Lipinski definition) is 1. The molecule has 1 fully saturated rings. The third-order valence-corrected chi connectivity index (χ3v) is 5.41. The summed E-state index contributed by atoms with van der Waals surface area (Å²) in [6, 6.07) is 8.14. The van der Waals surface area contributed by atoms with E-state index in [1.165, 1.54) is 31.6 Å². The predicted molar refractivity (Wildman–Crippen MR) is 109 cm³/mol. The van der Waals surface area contributed by atoms with Gasteiger partial charge in [0.2, 0.25) is 0 Å². The van der Waals surface area contributed by atoms with Crippen LogP contribution in [0.3, 0.4) is 0 Å². The van der Waals surface area contributed by atoms with Gasteiger partial charge in [-0.2, -0.15) is 0 Å². The number of imidazole rings is 1. The van der Waals surface area contributed by atoms with Crippen LogP contribution in [0.15, 0.2) is 55.5 Å². The minimum atomic E-state index is 0.752. The van der Waals surface area contributed by atoms with Crippen molar-refractivity contribution in [1.82, 2.24) is 24.8 Å². The molecule has 0 radical (unpaired) electrons. The Morgan fingerprint density at radius 2 is 1.75 bits per heavy atom. The Balaban J connectivity index is 1.14. The topological polar surface area (TPSA) is 66.9 Å². The van der Waals surface area contributed by atoms with E-state index in [-0.39, 0.29) is 0 Å². The summed E-state index contributed by atoms with van der Waals surface area (Å²) in [5, 5.41) is 0. The molecule has 1 aliphatic rings. The lowest BCUT2D eigenvalue weighted by atomic mass is 9.92. The van der Waals surface area contributed by atoms with E-state index >= 15 is 0 Å². The maximum atomic E-state index is 5.91. The molecule has 0 unspecified atom stereocenters. The highest BCUT2D eigenvalue weighted by Crippen LogP contribution is 2.22. The average Bonchev–Trinajstić information content (AvgIpc) is 3.27. The zero-order valence-electron chi connectivity index (χ0n) is 16.1. The molecule has 0 spiro atoms. The largest absolute Gasteiger partial charge is 0.494 e. The molecule has 1 saturated heterocycles. The van der Waals surface area contributed by atoms with Crippen LogP contribution in [0.25, 0.3) is 11.1 Å². The Bertz CT molecular complexity index is 812. The lowest BCUT2D eigenvalue weighted by Crippen LogP contribution is -2.35. The Labute approximate surface area is 166 Å². The van der Waals surface area contributed by atoms with Crippen LogP contribution in [-0.2, 0) is 6.42 Å². The predicted octanol–water partition coefficient (Wildman–Crippen LogP) is 3.59. The van der Waals surface area contributed by atoms with E-state index in [2.05, 4.69) is 37.0 Å². The van der Waals surface area contributed by atoms with Gasteiger partial charge in [-0.1, -0.05) is 12.1 Å². The smallest absolute Gasteiger partial charge is 0.119 e. The molecule has 0 amide bonds. The number of rotatable bonds is 8. The second-order valence-corrected chi connectivity index (χ2v) is 7.42. The van der Waals surface area contributed by atoms with Gasteiger partial charge in [-0.3, -0.25) is 0 Å². The summed E-state index contributed by atoms with van der Waals surface area (Å²) in [4.78, 5) is 18.0. The molecule has 0 saturated carbocycles. The molecule has 1 N–H and O–H groups in total. The van der Waals surface area contributed by atoms with Crippen LogP contribution in [0.1, 0.15) is 25.0 Å². The van der Waals surface area contributed by atoms with Crippen LogP contribution in [0, 0.1) is 5.92 Å². The van der Waals surface area contributed by atoms with Gasteiger partial charge in [0.25, 0.3) is 0 Å². The SMILES string of the molecule is c1ncc(-c2ccc(OCCCN3CCC(Cc4cnc[nH]4)CC3)cc2)cn1. The van der Waals surface area contributed by atoms with Crippen molar-refractivity contribution in [2.24, 2.45) is 5.92 Å². The molecule has 3 heterocycles. The minimum Gasteiger partial charge on any atom is -0.494 e. The highest BCUT2D eigenvalue weighted by atomic mass is 16.5. The second-order valence-electron chi connectivity index (χ2n) is 7.42.